The first-order valence-corrected chi connectivity index (χ1v) is 5.21. The lowest BCUT2D eigenvalue weighted by atomic mass is 10.3. The van der Waals surface area contributed by atoms with E-state index in [0.717, 1.165) is 0 Å². The van der Waals surface area contributed by atoms with Gasteiger partial charge in [0.05, 0.1) is 5.02 Å². The van der Waals surface area contributed by atoms with Gasteiger partial charge in [-0.05, 0) is 12.1 Å². The lowest BCUT2D eigenvalue weighted by Gasteiger charge is -2.08. The van der Waals surface area contributed by atoms with E-state index in [-0.39, 0.29) is 28.4 Å². The van der Waals surface area contributed by atoms with E-state index < -0.39 is 5.82 Å². The first kappa shape index (κ1) is 12.3. The smallest absolute Gasteiger partial charge is 0.226 e. The second kappa shape index (κ2) is 5.03. The molecule has 0 aliphatic rings. The van der Waals surface area contributed by atoms with Gasteiger partial charge in [-0.25, -0.2) is 10.2 Å². The average Bonchev–Trinajstić information content (AvgIpc) is 2.34. The van der Waals surface area contributed by atoms with E-state index in [9.17, 15) is 4.39 Å². The summed E-state index contributed by atoms with van der Waals surface area (Å²) in [5.41, 5.74) is 7.73. The normalized spacial score (nSPS) is 10.2. The van der Waals surface area contributed by atoms with Crippen LogP contribution in [-0.4, -0.2) is 9.97 Å². The highest BCUT2D eigenvalue weighted by Crippen LogP contribution is 2.28. The number of hydrogen-bond acceptors (Lipinski definition) is 6. The molecular formula is C10H9ClFN5O. The van der Waals surface area contributed by atoms with Crippen molar-refractivity contribution >= 4 is 23.4 Å². The lowest BCUT2D eigenvalue weighted by molar-refractivity contribution is 0.428. The molecule has 0 aliphatic carbocycles. The molecule has 0 saturated carbocycles. The zero-order valence-electron chi connectivity index (χ0n) is 9.02. The topological polar surface area (TPSA) is 99.1 Å². The number of anilines is 2. The average molecular weight is 270 g/mol. The fourth-order valence-electron chi connectivity index (χ4n) is 1.24. The Hall–Kier alpha value is -2.12. The molecular weight excluding hydrogens is 261 g/mol. The minimum absolute atomic E-state index is 0.0494. The number of rotatable bonds is 3. The molecule has 5 N–H and O–H groups in total. The van der Waals surface area contributed by atoms with Crippen LogP contribution in [0.15, 0.2) is 24.3 Å². The van der Waals surface area contributed by atoms with E-state index in [4.69, 9.17) is 27.9 Å². The molecule has 0 saturated heterocycles. The summed E-state index contributed by atoms with van der Waals surface area (Å²) in [6.45, 7) is 0. The van der Waals surface area contributed by atoms with Crippen LogP contribution >= 0.6 is 11.6 Å². The van der Waals surface area contributed by atoms with Crippen molar-refractivity contribution in [3.05, 3.63) is 35.1 Å². The van der Waals surface area contributed by atoms with Gasteiger partial charge in [0.2, 0.25) is 11.8 Å². The SMILES string of the molecule is NNc1cc(Oc2cccc(Cl)c2F)nc(N)n1. The standard InChI is InChI=1S/C10H9ClFN5O/c11-5-2-1-3-6(9(5)12)18-8-4-7(17-14)15-10(13)16-8/h1-4H,14H2,(H3,13,15,16,17). The van der Waals surface area contributed by atoms with Crippen LogP contribution in [0.3, 0.4) is 0 Å². The van der Waals surface area contributed by atoms with E-state index in [2.05, 4.69) is 15.4 Å². The van der Waals surface area contributed by atoms with Crippen LogP contribution in [0.5, 0.6) is 11.6 Å². The molecule has 0 bridgehead atoms. The second-order valence-electron chi connectivity index (χ2n) is 3.25. The van der Waals surface area contributed by atoms with Crippen LogP contribution in [0.1, 0.15) is 0 Å². The van der Waals surface area contributed by atoms with Crippen molar-refractivity contribution in [3.63, 3.8) is 0 Å². The van der Waals surface area contributed by atoms with E-state index in [0.29, 0.717) is 0 Å². The van der Waals surface area contributed by atoms with Gasteiger partial charge >= 0.3 is 0 Å². The molecule has 1 aromatic heterocycles. The Morgan fingerprint density at radius 1 is 1.33 bits per heavy atom. The summed E-state index contributed by atoms with van der Waals surface area (Å²) in [6, 6.07) is 5.74. The lowest BCUT2D eigenvalue weighted by Crippen LogP contribution is -2.10. The van der Waals surface area contributed by atoms with Gasteiger partial charge in [0.15, 0.2) is 11.6 Å². The summed E-state index contributed by atoms with van der Waals surface area (Å²) in [5, 5.41) is -0.0494. The molecule has 0 unspecified atom stereocenters. The summed E-state index contributed by atoms with van der Waals surface area (Å²) >= 11 is 5.63. The Kier molecular flexibility index (Phi) is 3.45. The fourth-order valence-corrected chi connectivity index (χ4v) is 1.41. The van der Waals surface area contributed by atoms with Crippen molar-refractivity contribution in [2.75, 3.05) is 11.2 Å². The zero-order valence-corrected chi connectivity index (χ0v) is 9.78. The third kappa shape index (κ3) is 2.58. The van der Waals surface area contributed by atoms with E-state index in [1.807, 2.05) is 0 Å². The summed E-state index contributed by atoms with van der Waals surface area (Å²) in [7, 11) is 0. The Bertz CT molecular complexity index is 580. The van der Waals surface area contributed by atoms with Gasteiger partial charge in [0.1, 0.15) is 5.82 Å². The molecule has 1 heterocycles. The highest BCUT2D eigenvalue weighted by molar-refractivity contribution is 6.30. The van der Waals surface area contributed by atoms with Gasteiger partial charge in [0, 0.05) is 6.07 Å². The summed E-state index contributed by atoms with van der Waals surface area (Å²) in [4.78, 5) is 7.55. The van der Waals surface area contributed by atoms with Gasteiger partial charge in [-0.2, -0.15) is 9.97 Å². The largest absolute Gasteiger partial charge is 0.436 e. The number of ether oxygens (including phenoxy) is 1. The first-order chi connectivity index (χ1) is 8.60. The van der Waals surface area contributed by atoms with Gasteiger partial charge in [-0.15, -0.1) is 0 Å². The van der Waals surface area contributed by atoms with Crippen molar-refractivity contribution < 1.29 is 9.13 Å². The molecule has 2 rings (SSSR count). The predicted octanol–water partition coefficient (Wildman–Crippen LogP) is 1.93. The number of aromatic nitrogens is 2. The van der Waals surface area contributed by atoms with E-state index in [1.165, 1.54) is 18.2 Å². The third-order valence-electron chi connectivity index (χ3n) is 2.00. The Morgan fingerprint density at radius 3 is 2.83 bits per heavy atom. The maximum atomic E-state index is 13.6. The van der Waals surface area contributed by atoms with Gasteiger partial charge in [-0.1, -0.05) is 17.7 Å². The zero-order chi connectivity index (χ0) is 13.1. The predicted molar refractivity (Wildman–Crippen MR) is 65.7 cm³/mol. The Labute approximate surface area is 107 Å². The molecule has 0 spiro atoms. The molecule has 94 valence electrons. The highest BCUT2D eigenvalue weighted by Gasteiger charge is 2.10. The first-order valence-electron chi connectivity index (χ1n) is 4.83. The number of nitrogens with two attached hydrogens (primary N) is 2. The van der Waals surface area contributed by atoms with Crippen LogP contribution in [-0.2, 0) is 0 Å². The molecule has 6 nitrogen and oxygen atoms in total. The second-order valence-corrected chi connectivity index (χ2v) is 3.66. The van der Waals surface area contributed by atoms with Gasteiger partial charge in [-0.3, -0.25) is 0 Å². The minimum Gasteiger partial charge on any atom is -0.436 e. The fraction of sp³-hybridized carbons (Fsp3) is 0. The Balaban J connectivity index is 2.34. The molecule has 0 amide bonds. The van der Waals surface area contributed by atoms with Crippen LogP contribution in [0.25, 0.3) is 0 Å². The molecule has 2 aromatic rings. The molecule has 0 radical (unpaired) electrons. The number of hydrazine groups is 1. The van der Waals surface area contributed by atoms with Gasteiger partial charge in [0.25, 0.3) is 0 Å². The summed E-state index contributed by atoms with van der Waals surface area (Å²) < 4.78 is 18.8. The number of nitrogens with one attached hydrogen (secondary N) is 1. The quantitative estimate of drug-likeness (QED) is 0.582. The Morgan fingerprint density at radius 2 is 2.11 bits per heavy atom. The van der Waals surface area contributed by atoms with E-state index >= 15 is 0 Å². The van der Waals surface area contributed by atoms with Crippen molar-refractivity contribution in [2.45, 2.75) is 0 Å². The highest BCUT2D eigenvalue weighted by atomic mass is 35.5. The number of nitrogens with zero attached hydrogens (tertiary/aromatic N) is 2. The third-order valence-corrected chi connectivity index (χ3v) is 2.29. The van der Waals surface area contributed by atoms with Crippen molar-refractivity contribution in [1.29, 1.82) is 0 Å². The summed E-state index contributed by atoms with van der Waals surface area (Å²) in [6.07, 6.45) is 0. The number of nitrogen functional groups attached to an aromatic ring is 2. The molecule has 8 heteroatoms. The van der Waals surface area contributed by atoms with Crippen LogP contribution in [0.2, 0.25) is 5.02 Å². The number of halogens is 2. The van der Waals surface area contributed by atoms with Crippen LogP contribution in [0, 0.1) is 5.82 Å². The molecule has 1 aromatic carbocycles. The molecule has 0 atom stereocenters. The van der Waals surface area contributed by atoms with Crippen molar-refractivity contribution in [2.24, 2.45) is 5.84 Å². The molecule has 0 aliphatic heterocycles. The summed E-state index contributed by atoms with van der Waals surface area (Å²) in [5.74, 6) is 4.69. The van der Waals surface area contributed by atoms with Crippen LogP contribution in [0.4, 0.5) is 16.2 Å². The van der Waals surface area contributed by atoms with Crippen molar-refractivity contribution in [3.8, 4) is 11.6 Å². The minimum atomic E-state index is -0.682. The van der Waals surface area contributed by atoms with Crippen LogP contribution < -0.4 is 21.7 Å². The maximum Gasteiger partial charge on any atom is 0.226 e. The molecule has 18 heavy (non-hydrogen) atoms. The maximum absolute atomic E-state index is 13.6. The van der Waals surface area contributed by atoms with Gasteiger partial charge < -0.3 is 15.9 Å². The number of benzene rings is 1. The van der Waals surface area contributed by atoms with E-state index in [1.54, 1.807) is 6.07 Å². The monoisotopic (exact) mass is 269 g/mol. The molecule has 0 fully saturated rings. The van der Waals surface area contributed by atoms with Crippen molar-refractivity contribution in [1.82, 2.24) is 9.97 Å². The number of hydrogen-bond donors (Lipinski definition) is 3.